The van der Waals surface area contributed by atoms with Crippen LogP contribution in [0.3, 0.4) is 0 Å². The molecule has 4 aromatic rings. The van der Waals surface area contributed by atoms with E-state index >= 15 is 0 Å². The average Bonchev–Trinajstić information content (AvgIpc) is 3.43. The van der Waals surface area contributed by atoms with Gasteiger partial charge in [0.05, 0.1) is 11.7 Å². The molecular formula is C26H28N6O2. The van der Waals surface area contributed by atoms with Crippen LogP contribution in [0.25, 0.3) is 16.8 Å². The fourth-order valence-corrected chi connectivity index (χ4v) is 4.79. The highest BCUT2D eigenvalue weighted by Gasteiger charge is 2.44. The van der Waals surface area contributed by atoms with Gasteiger partial charge < -0.3 is 10.1 Å². The molecule has 3 aromatic heterocycles. The maximum Gasteiger partial charge on any atom is 0.229 e. The summed E-state index contributed by atoms with van der Waals surface area (Å²) in [7, 11) is 4.04. The van der Waals surface area contributed by atoms with E-state index < -0.39 is 0 Å². The van der Waals surface area contributed by atoms with Gasteiger partial charge in [-0.2, -0.15) is 10.2 Å². The molecule has 1 amide bonds. The molecule has 34 heavy (non-hydrogen) atoms. The zero-order chi connectivity index (χ0) is 23.2. The van der Waals surface area contributed by atoms with Crippen LogP contribution in [0.15, 0.2) is 60.9 Å². The van der Waals surface area contributed by atoms with Crippen LogP contribution < -0.4 is 10.1 Å². The first-order valence-electron chi connectivity index (χ1n) is 11.8. The molecule has 174 valence electrons. The van der Waals surface area contributed by atoms with Gasteiger partial charge >= 0.3 is 0 Å². The lowest BCUT2D eigenvalue weighted by Gasteiger charge is -2.37. The summed E-state index contributed by atoms with van der Waals surface area (Å²) in [6, 6.07) is 16.6. The third-order valence-electron chi connectivity index (χ3n) is 7.12. The Bertz CT molecular complexity index is 1340. The quantitative estimate of drug-likeness (QED) is 0.460. The number of aryl methyl sites for hydroxylation is 1. The lowest BCUT2D eigenvalue weighted by Crippen LogP contribution is -2.48. The predicted molar refractivity (Wildman–Crippen MR) is 130 cm³/mol. The molecule has 6 rings (SSSR count). The Labute approximate surface area is 198 Å². The molecule has 1 aliphatic carbocycles. The summed E-state index contributed by atoms with van der Waals surface area (Å²) >= 11 is 0. The summed E-state index contributed by atoms with van der Waals surface area (Å²) in [5, 5.41) is 12.0. The SMILES string of the molecule is CN1CC[C@@H]1COc1cnn(C)c1-c1ccn2nc(NC(=O)[C@@H]3C[C@H]3c3ccccc3)cc2c1. The number of carbonyl (C=O) groups is 1. The number of nitrogens with one attached hydrogen (secondary N) is 1. The standard InChI is InChI=1S/C26H28N6O2/c1-30-10-9-19(30)16-34-23-15-27-31(2)25(23)18-8-11-32-20(12-18)13-24(29-32)28-26(33)22-14-21(22)17-6-4-3-5-7-17/h3-8,11-13,15,19,21-22H,9-10,14,16H2,1-2H3,(H,28,29,33)/t19-,21+,22-/m1/s1. The molecule has 0 radical (unpaired) electrons. The maximum atomic E-state index is 12.8. The van der Waals surface area contributed by atoms with Crippen molar-refractivity contribution in [2.24, 2.45) is 13.0 Å². The zero-order valence-corrected chi connectivity index (χ0v) is 19.4. The first-order chi connectivity index (χ1) is 16.6. The van der Waals surface area contributed by atoms with E-state index in [1.165, 1.54) is 5.56 Å². The number of likely N-dealkylation sites (N-methyl/N-ethyl adjacent to an activating group) is 1. The molecule has 1 aliphatic heterocycles. The van der Waals surface area contributed by atoms with Crippen molar-refractivity contribution in [1.82, 2.24) is 24.3 Å². The van der Waals surface area contributed by atoms with Gasteiger partial charge in [0.15, 0.2) is 11.6 Å². The van der Waals surface area contributed by atoms with Gasteiger partial charge in [0, 0.05) is 36.8 Å². The van der Waals surface area contributed by atoms with Crippen LogP contribution in [0.5, 0.6) is 5.75 Å². The number of ether oxygens (including phenoxy) is 1. The molecule has 4 heterocycles. The molecule has 1 saturated heterocycles. The van der Waals surface area contributed by atoms with E-state index in [-0.39, 0.29) is 11.8 Å². The average molecular weight is 457 g/mol. The van der Waals surface area contributed by atoms with Gasteiger partial charge in [-0.05, 0) is 50.0 Å². The van der Waals surface area contributed by atoms with Crippen molar-refractivity contribution in [3.63, 3.8) is 0 Å². The number of hydrogen-bond acceptors (Lipinski definition) is 5. The highest BCUT2D eigenvalue weighted by molar-refractivity contribution is 5.95. The van der Waals surface area contributed by atoms with Crippen LogP contribution >= 0.6 is 0 Å². The number of carbonyl (C=O) groups excluding carboxylic acids is 1. The van der Waals surface area contributed by atoms with Gasteiger partial charge in [-0.1, -0.05) is 30.3 Å². The third kappa shape index (κ3) is 3.84. The smallest absolute Gasteiger partial charge is 0.229 e. The summed E-state index contributed by atoms with van der Waals surface area (Å²) in [6.45, 7) is 1.78. The number of aromatic nitrogens is 4. The summed E-state index contributed by atoms with van der Waals surface area (Å²) < 4.78 is 9.75. The fraction of sp³-hybridized carbons (Fsp3) is 0.346. The second kappa shape index (κ2) is 8.29. The number of amides is 1. The van der Waals surface area contributed by atoms with Crippen LogP contribution in [-0.2, 0) is 11.8 Å². The van der Waals surface area contributed by atoms with Gasteiger partial charge in [0.1, 0.15) is 12.3 Å². The largest absolute Gasteiger partial charge is 0.488 e. The van der Waals surface area contributed by atoms with E-state index in [0.717, 1.165) is 41.9 Å². The second-order valence-electron chi connectivity index (χ2n) is 9.38. The van der Waals surface area contributed by atoms with E-state index in [1.807, 2.05) is 54.3 Å². The highest BCUT2D eigenvalue weighted by atomic mass is 16.5. The minimum atomic E-state index is 0.00614. The zero-order valence-electron chi connectivity index (χ0n) is 19.4. The van der Waals surface area contributed by atoms with Gasteiger partial charge in [-0.25, -0.2) is 4.52 Å². The number of anilines is 1. The molecule has 0 spiro atoms. The van der Waals surface area contributed by atoms with Gasteiger partial charge in [0.2, 0.25) is 5.91 Å². The molecule has 1 saturated carbocycles. The minimum absolute atomic E-state index is 0.00614. The second-order valence-corrected chi connectivity index (χ2v) is 9.38. The first-order valence-corrected chi connectivity index (χ1v) is 11.8. The number of hydrogen-bond donors (Lipinski definition) is 1. The first kappa shape index (κ1) is 20.9. The topological polar surface area (TPSA) is 76.7 Å². The molecule has 8 nitrogen and oxygen atoms in total. The Morgan fingerprint density at radius 3 is 2.79 bits per heavy atom. The Kier molecular flexibility index (Phi) is 5.10. The Hall–Kier alpha value is -3.65. The van der Waals surface area contributed by atoms with Gasteiger partial charge in [-0.3, -0.25) is 14.4 Å². The normalized spacial score (nSPS) is 21.9. The number of benzene rings is 1. The molecule has 3 atom stereocenters. The molecule has 2 fully saturated rings. The van der Waals surface area contributed by atoms with Crippen LogP contribution in [0.2, 0.25) is 0 Å². The number of rotatable bonds is 7. The molecule has 1 aromatic carbocycles. The summed E-state index contributed by atoms with van der Waals surface area (Å²) in [4.78, 5) is 15.1. The molecule has 0 unspecified atom stereocenters. The van der Waals surface area contributed by atoms with Gasteiger partial charge in [-0.15, -0.1) is 0 Å². The van der Waals surface area contributed by atoms with Crippen LogP contribution in [-0.4, -0.2) is 56.4 Å². The predicted octanol–water partition coefficient (Wildman–Crippen LogP) is 3.56. The molecule has 2 aliphatic rings. The van der Waals surface area contributed by atoms with Crippen LogP contribution in [0.4, 0.5) is 5.82 Å². The Morgan fingerprint density at radius 1 is 1.18 bits per heavy atom. The lowest BCUT2D eigenvalue weighted by atomic mass is 10.1. The monoisotopic (exact) mass is 456 g/mol. The minimum Gasteiger partial charge on any atom is -0.488 e. The third-order valence-corrected chi connectivity index (χ3v) is 7.12. The van der Waals surface area contributed by atoms with Crippen molar-refractivity contribution >= 4 is 17.2 Å². The van der Waals surface area contributed by atoms with Gasteiger partial charge in [0.25, 0.3) is 0 Å². The Balaban J connectivity index is 1.17. The van der Waals surface area contributed by atoms with E-state index in [2.05, 4.69) is 39.6 Å². The molecule has 1 N–H and O–H groups in total. The number of fused-ring (bicyclic) bond motifs is 1. The molecule has 0 bridgehead atoms. The summed E-state index contributed by atoms with van der Waals surface area (Å²) in [5.41, 5.74) is 4.04. The summed E-state index contributed by atoms with van der Waals surface area (Å²) in [5.74, 6) is 1.68. The number of pyridine rings is 1. The van der Waals surface area contributed by atoms with Crippen molar-refractivity contribution in [2.75, 3.05) is 25.5 Å². The van der Waals surface area contributed by atoms with E-state index in [1.54, 1.807) is 10.7 Å². The van der Waals surface area contributed by atoms with Crippen LogP contribution in [0.1, 0.15) is 24.3 Å². The van der Waals surface area contributed by atoms with E-state index in [0.29, 0.717) is 24.4 Å². The highest BCUT2D eigenvalue weighted by Crippen LogP contribution is 2.47. The fourth-order valence-electron chi connectivity index (χ4n) is 4.79. The van der Waals surface area contributed by atoms with Crippen molar-refractivity contribution in [3.8, 4) is 17.0 Å². The summed E-state index contributed by atoms with van der Waals surface area (Å²) in [6.07, 6.45) is 5.72. The number of likely N-dealkylation sites (tertiary alicyclic amines) is 1. The lowest BCUT2D eigenvalue weighted by molar-refractivity contribution is -0.117. The van der Waals surface area contributed by atoms with Crippen molar-refractivity contribution < 1.29 is 9.53 Å². The van der Waals surface area contributed by atoms with E-state index in [4.69, 9.17) is 4.74 Å². The Morgan fingerprint density at radius 2 is 2.03 bits per heavy atom. The number of nitrogens with zero attached hydrogens (tertiary/aromatic N) is 5. The molecular weight excluding hydrogens is 428 g/mol. The van der Waals surface area contributed by atoms with Crippen molar-refractivity contribution in [1.29, 1.82) is 0 Å². The van der Waals surface area contributed by atoms with Crippen LogP contribution in [0, 0.1) is 5.92 Å². The van der Waals surface area contributed by atoms with E-state index in [9.17, 15) is 4.79 Å². The molecule has 8 heteroatoms. The maximum absolute atomic E-state index is 12.8. The van der Waals surface area contributed by atoms with Crippen molar-refractivity contribution in [2.45, 2.75) is 24.8 Å². The van der Waals surface area contributed by atoms with Crippen molar-refractivity contribution in [3.05, 3.63) is 66.5 Å².